The molecule has 0 N–H and O–H groups in total. The minimum Gasteiger partial charge on any atom is -0.335 e. The first-order valence-corrected chi connectivity index (χ1v) is 16.4. The van der Waals surface area contributed by atoms with E-state index >= 15 is 0 Å². The van der Waals surface area contributed by atoms with Crippen LogP contribution in [0.5, 0.6) is 0 Å². The molecule has 0 amide bonds. The first-order valence-electron chi connectivity index (χ1n) is 16.4. The molecule has 0 radical (unpaired) electrons. The molecule has 45 heavy (non-hydrogen) atoms. The SMILES string of the molecule is CC1(C)CCC(C)(C)c2cc3c(cc21)c1c2c4ccc5ccccc5c4n(Cc4ccccc4)c2ccc1n3-c1ccccc1. The Morgan fingerprint density at radius 2 is 1.16 bits per heavy atom. The molecule has 0 aliphatic heterocycles. The smallest absolute Gasteiger partial charge is 0.0574 e. The number of hydrogen-bond donors (Lipinski definition) is 0. The molecule has 8 aromatic rings. The van der Waals surface area contributed by atoms with E-state index < -0.39 is 0 Å². The lowest BCUT2D eigenvalue weighted by atomic mass is 9.63. The summed E-state index contributed by atoms with van der Waals surface area (Å²) >= 11 is 0. The Morgan fingerprint density at radius 3 is 1.91 bits per heavy atom. The Labute approximate surface area is 264 Å². The summed E-state index contributed by atoms with van der Waals surface area (Å²) in [6.07, 6.45) is 2.40. The van der Waals surface area contributed by atoms with Crippen LogP contribution < -0.4 is 0 Å². The molecule has 0 unspecified atom stereocenters. The zero-order chi connectivity index (χ0) is 30.5. The highest BCUT2D eigenvalue weighted by atomic mass is 15.0. The van der Waals surface area contributed by atoms with Crippen molar-refractivity contribution in [2.45, 2.75) is 57.9 Å². The van der Waals surface area contributed by atoms with Gasteiger partial charge in [0.05, 0.1) is 22.1 Å². The number of aromatic nitrogens is 2. The summed E-state index contributed by atoms with van der Waals surface area (Å²) in [6.45, 7) is 10.6. The molecule has 2 heterocycles. The van der Waals surface area contributed by atoms with E-state index in [1.54, 1.807) is 0 Å². The summed E-state index contributed by atoms with van der Waals surface area (Å²) in [5.74, 6) is 0. The Kier molecular flexibility index (Phi) is 5.52. The fourth-order valence-corrected chi connectivity index (χ4v) is 8.31. The van der Waals surface area contributed by atoms with Gasteiger partial charge in [0.25, 0.3) is 0 Å². The molecular weight excluding hydrogens is 544 g/mol. The van der Waals surface area contributed by atoms with Gasteiger partial charge in [-0.3, -0.25) is 0 Å². The van der Waals surface area contributed by atoms with Crippen LogP contribution in [0.15, 0.2) is 121 Å². The zero-order valence-corrected chi connectivity index (χ0v) is 26.6. The summed E-state index contributed by atoms with van der Waals surface area (Å²) in [4.78, 5) is 0. The van der Waals surface area contributed by atoms with Gasteiger partial charge in [-0.05, 0) is 82.1 Å². The molecule has 6 aromatic carbocycles. The molecule has 2 aromatic heterocycles. The molecule has 220 valence electrons. The van der Waals surface area contributed by atoms with Crippen molar-refractivity contribution < 1.29 is 0 Å². The molecule has 0 saturated carbocycles. The van der Waals surface area contributed by atoms with Crippen molar-refractivity contribution in [1.29, 1.82) is 0 Å². The molecule has 0 fully saturated rings. The summed E-state index contributed by atoms with van der Waals surface area (Å²) in [6, 6.07) is 45.3. The van der Waals surface area contributed by atoms with Crippen LogP contribution in [0.25, 0.3) is 60.1 Å². The average molecular weight is 583 g/mol. The van der Waals surface area contributed by atoms with Gasteiger partial charge < -0.3 is 9.13 Å². The Hall–Kier alpha value is -4.82. The largest absolute Gasteiger partial charge is 0.335 e. The van der Waals surface area contributed by atoms with Gasteiger partial charge in [-0.1, -0.05) is 113 Å². The van der Waals surface area contributed by atoms with Crippen LogP contribution in [-0.4, -0.2) is 9.13 Å². The topological polar surface area (TPSA) is 9.86 Å². The predicted octanol–water partition coefficient (Wildman–Crippen LogP) is 11.4. The second kappa shape index (κ2) is 9.34. The van der Waals surface area contributed by atoms with Crippen molar-refractivity contribution in [3.63, 3.8) is 0 Å². The average Bonchev–Trinajstić information content (AvgIpc) is 3.56. The molecule has 0 spiro atoms. The molecule has 1 aliphatic carbocycles. The lowest BCUT2D eigenvalue weighted by Gasteiger charge is -2.42. The van der Waals surface area contributed by atoms with E-state index in [9.17, 15) is 0 Å². The van der Waals surface area contributed by atoms with Crippen molar-refractivity contribution in [1.82, 2.24) is 9.13 Å². The predicted molar refractivity (Wildman–Crippen MR) is 192 cm³/mol. The van der Waals surface area contributed by atoms with Crippen molar-refractivity contribution in [2.75, 3.05) is 0 Å². The molecule has 0 atom stereocenters. The van der Waals surface area contributed by atoms with Gasteiger partial charge in [0.1, 0.15) is 0 Å². The van der Waals surface area contributed by atoms with Crippen LogP contribution in [-0.2, 0) is 17.4 Å². The fourth-order valence-electron chi connectivity index (χ4n) is 8.31. The van der Waals surface area contributed by atoms with E-state index in [0.29, 0.717) is 0 Å². The standard InChI is InChI=1S/C43H38N2/c1-42(2)23-24-43(3,4)35-26-38-33(25-34(35)42)40-37(45(38)30-16-9-6-10-17-30)22-21-36-39(40)32-20-19-29-15-11-12-18-31(29)41(32)44(36)27-28-13-7-5-8-14-28/h5-22,25-26H,23-24,27H2,1-4H3. The highest BCUT2D eigenvalue weighted by Gasteiger charge is 2.38. The third-order valence-electron chi connectivity index (χ3n) is 10.8. The van der Waals surface area contributed by atoms with E-state index in [-0.39, 0.29) is 10.8 Å². The van der Waals surface area contributed by atoms with Gasteiger partial charge in [0, 0.05) is 39.2 Å². The van der Waals surface area contributed by atoms with Crippen molar-refractivity contribution in [2.24, 2.45) is 0 Å². The third kappa shape index (κ3) is 3.81. The lowest BCUT2D eigenvalue weighted by molar-refractivity contribution is 0.332. The van der Waals surface area contributed by atoms with Crippen LogP contribution in [0.4, 0.5) is 0 Å². The van der Waals surface area contributed by atoms with Gasteiger partial charge in [0.15, 0.2) is 0 Å². The first kappa shape index (κ1) is 26.6. The Bertz CT molecular complexity index is 2440. The van der Waals surface area contributed by atoms with E-state index in [4.69, 9.17) is 0 Å². The molecule has 0 bridgehead atoms. The fraction of sp³-hybridized carbons (Fsp3) is 0.209. The van der Waals surface area contributed by atoms with Gasteiger partial charge in [0.2, 0.25) is 0 Å². The van der Waals surface area contributed by atoms with Crippen LogP contribution in [0.2, 0.25) is 0 Å². The van der Waals surface area contributed by atoms with Crippen molar-refractivity contribution in [3.05, 3.63) is 138 Å². The summed E-state index contributed by atoms with van der Waals surface area (Å²) < 4.78 is 5.09. The number of rotatable bonds is 3. The highest BCUT2D eigenvalue weighted by Crippen LogP contribution is 2.50. The number of fused-ring (bicyclic) bond motifs is 10. The van der Waals surface area contributed by atoms with Gasteiger partial charge >= 0.3 is 0 Å². The summed E-state index contributed by atoms with van der Waals surface area (Å²) in [5, 5.41) is 7.99. The van der Waals surface area contributed by atoms with E-state index in [2.05, 4.69) is 158 Å². The number of nitrogens with zero attached hydrogens (tertiary/aromatic N) is 2. The van der Waals surface area contributed by atoms with Crippen LogP contribution in [0.3, 0.4) is 0 Å². The lowest BCUT2D eigenvalue weighted by Crippen LogP contribution is -2.33. The zero-order valence-electron chi connectivity index (χ0n) is 26.6. The second-order valence-corrected chi connectivity index (χ2v) is 14.5. The molecule has 0 saturated heterocycles. The molecule has 1 aliphatic rings. The minimum absolute atomic E-state index is 0.131. The van der Waals surface area contributed by atoms with Gasteiger partial charge in [-0.15, -0.1) is 0 Å². The minimum atomic E-state index is 0.131. The normalized spacial score (nSPS) is 15.8. The molecule has 2 nitrogen and oxygen atoms in total. The molecule has 2 heteroatoms. The molecular formula is C43H38N2. The van der Waals surface area contributed by atoms with Crippen LogP contribution in [0.1, 0.15) is 57.2 Å². The third-order valence-corrected chi connectivity index (χ3v) is 10.8. The maximum Gasteiger partial charge on any atom is 0.0574 e. The van der Waals surface area contributed by atoms with E-state index in [1.807, 2.05) is 0 Å². The van der Waals surface area contributed by atoms with Crippen molar-refractivity contribution in [3.8, 4) is 5.69 Å². The maximum absolute atomic E-state index is 2.58. The first-order chi connectivity index (χ1) is 21.8. The van der Waals surface area contributed by atoms with E-state index in [0.717, 1.165) is 6.54 Å². The highest BCUT2D eigenvalue weighted by molar-refractivity contribution is 6.31. The van der Waals surface area contributed by atoms with E-state index in [1.165, 1.54) is 89.6 Å². The number of benzene rings is 6. The summed E-state index contributed by atoms with van der Waals surface area (Å²) in [5.41, 5.74) is 11.0. The van der Waals surface area contributed by atoms with Crippen molar-refractivity contribution >= 4 is 54.4 Å². The van der Waals surface area contributed by atoms with Gasteiger partial charge in [-0.2, -0.15) is 0 Å². The van der Waals surface area contributed by atoms with Gasteiger partial charge in [-0.25, -0.2) is 0 Å². The molecule has 9 rings (SSSR count). The Balaban J connectivity index is 1.50. The quantitative estimate of drug-likeness (QED) is 0.196. The number of hydrogen-bond acceptors (Lipinski definition) is 0. The number of para-hydroxylation sites is 1. The maximum atomic E-state index is 2.58. The second-order valence-electron chi connectivity index (χ2n) is 14.5. The monoisotopic (exact) mass is 582 g/mol. The summed E-state index contributed by atoms with van der Waals surface area (Å²) in [7, 11) is 0. The van der Waals surface area contributed by atoms with Crippen LogP contribution in [0, 0.1) is 0 Å². The Morgan fingerprint density at radius 1 is 0.533 bits per heavy atom. The van der Waals surface area contributed by atoms with Crippen LogP contribution >= 0.6 is 0 Å².